The Morgan fingerprint density at radius 2 is 1.79 bits per heavy atom. The minimum atomic E-state index is -4.02. The molecule has 5 nitrogen and oxygen atoms in total. The molecule has 0 amide bonds. The van der Waals surface area contributed by atoms with E-state index in [9.17, 15) is 8.78 Å². The second-order valence-electron chi connectivity index (χ2n) is 1.88. The van der Waals surface area contributed by atoms with Crippen molar-refractivity contribution >= 4 is 32.0 Å². The molecule has 0 saturated heterocycles. The lowest BCUT2D eigenvalue weighted by molar-refractivity contribution is 0.144. The van der Waals surface area contributed by atoms with Crippen molar-refractivity contribution in [3.8, 4) is 0 Å². The Balaban J connectivity index is 4.24. The molecule has 2 atom stereocenters. The molecule has 0 aliphatic rings. The highest BCUT2D eigenvalue weighted by atomic mass is 31.2. The maximum atomic E-state index is 12.7. The number of hydrogen-bond acceptors (Lipinski definition) is 5. The minimum Gasteiger partial charge on any atom is -0.345 e. The van der Waals surface area contributed by atoms with Gasteiger partial charge < -0.3 is 19.2 Å². The molecule has 1 radical (unpaired) electrons. The van der Waals surface area contributed by atoms with E-state index in [1.807, 2.05) is 0 Å². The van der Waals surface area contributed by atoms with Crippen LogP contribution in [0.3, 0.4) is 0 Å². The van der Waals surface area contributed by atoms with E-state index in [0.717, 1.165) is 0 Å². The molecule has 0 aliphatic heterocycles. The summed E-state index contributed by atoms with van der Waals surface area (Å²) in [6, 6.07) is 0. The van der Waals surface area contributed by atoms with Crippen LogP contribution >= 0.6 is 25.0 Å². The Morgan fingerprint density at radius 3 is 2.07 bits per heavy atom. The van der Waals surface area contributed by atoms with Gasteiger partial charge in [-0.2, -0.15) is 8.78 Å². The maximum absolute atomic E-state index is 12.7. The van der Waals surface area contributed by atoms with Crippen LogP contribution < -0.4 is 0 Å². The van der Waals surface area contributed by atoms with Crippen molar-refractivity contribution in [3.63, 3.8) is 0 Å². The van der Waals surface area contributed by atoms with Crippen molar-refractivity contribution in [2.24, 2.45) is 0 Å². The summed E-state index contributed by atoms with van der Waals surface area (Å²) in [4.78, 5) is 25.5. The third-order valence-corrected chi connectivity index (χ3v) is 5.05. The van der Waals surface area contributed by atoms with Gasteiger partial charge >= 0.3 is 5.40 Å². The molecule has 0 saturated carbocycles. The van der Waals surface area contributed by atoms with Gasteiger partial charge in [-0.1, -0.05) is 6.82 Å². The highest BCUT2D eigenvalue weighted by Gasteiger charge is 2.50. The van der Waals surface area contributed by atoms with Crippen molar-refractivity contribution in [1.82, 2.24) is 0 Å². The topological polar surface area (TPSA) is 79.2 Å². The average molecular weight is 267 g/mol. The first-order valence-corrected chi connectivity index (χ1v) is 6.92. The first-order valence-electron chi connectivity index (χ1n) is 3.22. The normalized spacial score (nSPS) is 16.9. The van der Waals surface area contributed by atoms with E-state index in [1.165, 1.54) is 20.9 Å². The summed E-state index contributed by atoms with van der Waals surface area (Å²) in [7, 11) is -7.30. The van der Waals surface area contributed by atoms with Gasteiger partial charge in [0, 0.05) is 7.11 Å². The molecule has 0 aromatic heterocycles. The van der Waals surface area contributed by atoms with E-state index in [4.69, 9.17) is 14.7 Å². The highest BCUT2D eigenvalue weighted by molar-refractivity contribution is 7.83. The molecule has 0 spiro atoms. The van der Waals surface area contributed by atoms with Crippen molar-refractivity contribution in [1.29, 1.82) is 0 Å². The molecule has 2 unspecified atom stereocenters. The molecular weight excluding hydrogens is 258 g/mol. The number of alkyl halides is 2. The first-order chi connectivity index (χ1) is 6.36. The van der Waals surface area contributed by atoms with Gasteiger partial charge in [-0.05, 0) is 0 Å². The SMILES string of the molecule is C[B]P(OC)OP(O)C(F)(F)P(O)O. The van der Waals surface area contributed by atoms with E-state index in [-0.39, 0.29) is 0 Å². The Morgan fingerprint density at radius 1 is 1.29 bits per heavy atom. The fourth-order valence-corrected chi connectivity index (χ4v) is 3.19. The molecule has 0 aliphatic carbocycles. The lowest BCUT2D eigenvalue weighted by Gasteiger charge is -2.24. The molecule has 0 bridgehead atoms. The molecule has 0 aromatic carbocycles. The predicted molar refractivity (Wildman–Crippen MR) is 52.1 cm³/mol. The zero-order valence-corrected chi connectivity index (χ0v) is 10.0. The molecule has 0 rings (SSSR count). The van der Waals surface area contributed by atoms with Crippen LogP contribution in [-0.2, 0) is 8.83 Å². The molecular formula is C3H9BF2O5P3. The van der Waals surface area contributed by atoms with Gasteiger partial charge in [0.25, 0.3) is 16.8 Å². The van der Waals surface area contributed by atoms with Crippen LogP contribution in [0, 0.1) is 0 Å². The van der Waals surface area contributed by atoms with Crippen molar-refractivity contribution < 1.29 is 32.3 Å². The van der Waals surface area contributed by atoms with Gasteiger partial charge in [0.1, 0.15) is 8.25 Å². The number of rotatable bonds is 6. The van der Waals surface area contributed by atoms with E-state index >= 15 is 0 Å². The van der Waals surface area contributed by atoms with Crippen molar-refractivity contribution in [2.45, 2.75) is 12.2 Å². The first kappa shape index (κ1) is 15.0. The standard InChI is InChI=1S/C3H9BF2O5P3/c1-4-14(10-2)11-13(9)3(5,6)12(7)8/h7-9H,1-2H3. The van der Waals surface area contributed by atoms with Crippen LogP contribution in [0.4, 0.5) is 8.78 Å². The summed E-state index contributed by atoms with van der Waals surface area (Å²) in [5.74, 6) is 0. The molecule has 14 heavy (non-hydrogen) atoms. The van der Waals surface area contributed by atoms with Crippen LogP contribution in [0.5, 0.6) is 0 Å². The third kappa shape index (κ3) is 4.25. The zero-order chi connectivity index (χ0) is 11.4. The Kier molecular flexibility index (Phi) is 7.04. The van der Waals surface area contributed by atoms with E-state index in [2.05, 4.69) is 8.83 Å². The minimum absolute atomic E-state index is 1.23. The van der Waals surface area contributed by atoms with Gasteiger partial charge in [0.2, 0.25) is 7.00 Å². The molecule has 83 valence electrons. The fraction of sp³-hybridized carbons (Fsp3) is 1.00. The van der Waals surface area contributed by atoms with Gasteiger partial charge in [0.15, 0.2) is 0 Å². The lowest BCUT2D eigenvalue weighted by atomic mass is 10.2. The van der Waals surface area contributed by atoms with Crippen LogP contribution in [0.15, 0.2) is 0 Å². The second-order valence-corrected chi connectivity index (χ2v) is 6.59. The van der Waals surface area contributed by atoms with E-state index < -0.39 is 30.4 Å². The van der Waals surface area contributed by atoms with Crippen LogP contribution in [0.25, 0.3) is 0 Å². The highest BCUT2D eigenvalue weighted by Crippen LogP contribution is 2.68. The van der Waals surface area contributed by atoms with Gasteiger partial charge in [0.05, 0.1) is 0 Å². The molecule has 0 fully saturated rings. The summed E-state index contributed by atoms with van der Waals surface area (Å²) < 4.78 is 34.4. The van der Waals surface area contributed by atoms with Crippen molar-refractivity contribution in [3.05, 3.63) is 0 Å². The van der Waals surface area contributed by atoms with Gasteiger partial charge in [-0.15, -0.1) is 0 Å². The van der Waals surface area contributed by atoms with Crippen LogP contribution in [0.1, 0.15) is 0 Å². The summed E-state index contributed by atoms with van der Waals surface area (Å²) in [6.45, 7) is 2.87. The van der Waals surface area contributed by atoms with Gasteiger partial charge in [-0.25, -0.2) is 0 Å². The van der Waals surface area contributed by atoms with E-state index in [1.54, 1.807) is 0 Å². The lowest BCUT2D eigenvalue weighted by Crippen LogP contribution is -2.11. The quantitative estimate of drug-likeness (QED) is 0.505. The summed E-state index contributed by atoms with van der Waals surface area (Å²) in [6.07, 6.45) is 0. The Bertz CT molecular complexity index is 170. The summed E-state index contributed by atoms with van der Waals surface area (Å²) in [5, 5.41) is -4.02. The smallest absolute Gasteiger partial charge is 0.345 e. The Labute approximate surface area is 84.4 Å². The van der Waals surface area contributed by atoms with Crippen molar-refractivity contribution in [2.75, 3.05) is 7.11 Å². The Hall–Kier alpha value is 1.01. The van der Waals surface area contributed by atoms with Crippen LogP contribution in [-0.4, -0.2) is 34.2 Å². The predicted octanol–water partition coefficient (Wildman–Crippen LogP) is 1.78. The summed E-state index contributed by atoms with van der Waals surface area (Å²) >= 11 is 0. The number of halogens is 2. The molecule has 3 N–H and O–H groups in total. The largest absolute Gasteiger partial charge is 0.380 e. The molecule has 0 aromatic rings. The number of hydrogen-bond donors (Lipinski definition) is 3. The average Bonchev–Trinajstić information content (AvgIpc) is 2.13. The third-order valence-electron chi connectivity index (χ3n) is 1.02. The van der Waals surface area contributed by atoms with E-state index in [0.29, 0.717) is 0 Å². The second kappa shape index (κ2) is 6.57. The van der Waals surface area contributed by atoms with Crippen LogP contribution in [0.2, 0.25) is 6.82 Å². The van der Waals surface area contributed by atoms with Gasteiger partial charge in [-0.3, -0.25) is 4.31 Å². The zero-order valence-electron chi connectivity index (χ0n) is 7.33. The molecule has 0 heterocycles. The maximum Gasteiger partial charge on any atom is 0.380 e. The molecule has 11 heteroatoms. The monoisotopic (exact) mass is 267 g/mol. The fourth-order valence-electron chi connectivity index (χ4n) is 0.388. The summed E-state index contributed by atoms with van der Waals surface area (Å²) in [5.41, 5.74) is 0.